The van der Waals surface area contributed by atoms with E-state index < -0.39 is 41.4 Å². The van der Waals surface area contributed by atoms with E-state index in [2.05, 4.69) is 42.4 Å². The molecule has 11 heteroatoms. The van der Waals surface area contributed by atoms with Crippen molar-refractivity contribution in [2.24, 2.45) is 17.3 Å². The zero-order valence-corrected chi connectivity index (χ0v) is 31.0. The molecule has 9 atom stereocenters. The lowest BCUT2D eigenvalue weighted by atomic mass is 9.74. The number of likely N-dealkylation sites (N-methyl/N-ethyl adjacent to an activating group) is 2. The Balaban J connectivity index is 1.95. The first kappa shape index (κ1) is 39.3. The fourth-order valence-electron chi connectivity index (χ4n) is 7.79. The van der Waals surface area contributed by atoms with Crippen molar-refractivity contribution in [1.82, 2.24) is 19.6 Å². The number of aliphatic hydroxyl groups excluding tert-OH is 1. The van der Waals surface area contributed by atoms with Gasteiger partial charge >= 0.3 is 5.97 Å². The first-order chi connectivity index (χ1) is 21.4. The second-order valence-electron chi connectivity index (χ2n) is 15.5. The summed E-state index contributed by atoms with van der Waals surface area (Å²) in [4.78, 5) is 37.4. The number of piperazine rings is 1. The predicted molar refractivity (Wildman–Crippen MR) is 180 cm³/mol. The first-order valence-corrected chi connectivity index (χ1v) is 17.6. The summed E-state index contributed by atoms with van der Waals surface area (Å²) in [5.41, 5.74) is -2.33. The Kier molecular flexibility index (Phi) is 14.1. The van der Waals surface area contributed by atoms with Gasteiger partial charge in [0.1, 0.15) is 18.1 Å². The third-order valence-corrected chi connectivity index (χ3v) is 10.9. The largest absolute Gasteiger partial charge is 0.463 e. The molecular weight excluding hydrogens is 588 g/mol. The number of hydrogen-bond acceptors (Lipinski definition) is 11. The number of methoxy groups -OCH3 is 1. The summed E-state index contributed by atoms with van der Waals surface area (Å²) in [6, 6.07) is 0.344. The van der Waals surface area contributed by atoms with E-state index in [0.717, 1.165) is 45.8 Å². The van der Waals surface area contributed by atoms with Gasteiger partial charge in [0.05, 0.1) is 23.9 Å². The normalized spacial score (nSPS) is 38.3. The van der Waals surface area contributed by atoms with Gasteiger partial charge in [-0.3, -0.25) is 24.3 Å². The standard InChI is InChI=1S/C35H66N4O7/c1-13-38-20-24(4)19-35(9,43-12)31(46-32-29(40)28(36(10)11)18-25(5)45-32)26(6)30(41)34(7,8)33(42)44-22-27(38)21-37-14-16-39(17-15-37)23(2)3/h23-29,31-32,40H,13-22H2,1-12H3/t24-,25-,26+,27?,28+,29-,31-,32+,35-/m1/s1. The Hall–Kier alpha value is -1.18. The van der Waals surface area contributed by atoms with Crippen molar-refractivity contribution in [2.75, 3.05) is 73.6 Å². The van der Waals surface area contributed by atoms with E-state index in [1.54, 1.807) is 27.9 Å². The van der Waals surface area contributed by atoms with E-state index in [1.807, 2.05) is 32.8 Å². The minimum absolute atomic E-state index is 0.0119. The molecule has 3 saturated heterocycles. The Labute approximate surface area is 279 Å². The Morgan fingerprint density at radius 1 is 1.07 bits per heavy atom. The second-order valence-corrected chi connectivity index (χ2v) is 15.5. The number of carbonyl (C=O) groups is 2. The summed E-state index contributed by atoms with van der Waals surface area (Å²) in [6.45, 7) is 24.4. The highest BCUT2D eigenvalue weighted by Gasteiger charge is 2.51. The fourth-order valence-corrected chi connectivity index (χ4v) is 7.79. The molecule has 0 aromatic carbocycles. The molecule has 3 aliphatic heterocycles. The highest BCUT2D eigenvalue weighted by atomic mass is 16.7. The smallest absolute Gasteiger partial charge is 0.319 e. The van der Waals surface area contributed by atoms with Crippen molar-refractivity contribution in [1.29, 1.82) is 0 Å². The molecule has 0 spiro atoms. The zero-order chi connectivity index (χ0) is 34.6. The van der Waals surface area contributed by atoms with Crippen molar-refractivity contribution >= 4 is 11.8 Å². The summed E-state index contributed by atoms with van der Waals surface area (Å²) in [7, 11) is 5.52. The Morgan fingerprint density at radius 2 is 1.70 bits per heavy atom. The molecule has 268 valence electrons. The van der Waals surface area contributed by atoms with E-state index >= 15 is 0 Å². The van der Waals surface area contributed by atoms with Gasteiger partial charge in [0.15, 0.2) is 12.1 Å². The first-order valence-electron chi connectivity index (χ1n) is 17.6. The maximum Gasteiger partial charge on any atom is 0.319 e. The lowest BCUT2D eigenvalue weighted by Gasteiger charge is -2.47. The molecule has 0 aliphatic carbocycles. The summed E-state index contributed by atoms with van der Waals surface area (Å²) < 4.78 is 25.1. The Morgan fingerprint density at radius 3 is 2.24 bits per heavy atom. The van der Waals surface area contributed by atoms with Crippen LogP contribution in [-0.2, 0) is 28.5 Å². The van der Waals surface area contributed by atoms with Crippen molar-refractivity contribution < 1.29 is 33.6 Å². The lowest BCUT2D eigenvalue weighted by molar-refractivity contribution is -0.295. The van der Waals surface area contributed by atoms with Gasteiger partial charge < -0.3 is 29.0 Å². The van der Waals surface area contributed by atoms with Gasteiger partial charge in [0.2, 0.25) is 0 Å². The molecule has 11 nitrogen and oxygen atoms in total. The number of aliphatic hydroxyl groups is 1. The maximum absolute atomic E-state index is 14.3. The molecule has 0 bridgehead atoms. The molecule has 3 fully saturated rings. The lowest BCUT2D eigenvalue weighted by Crippen LogP contribution is -2.59. The monoisotopic (exact) mass is 654 g/mol. The number of rotatable bonds is 8. The average molecular weight is 655 g/mol. The van der Waals surface area contributed by atoms with Gasteiger partial charge in [0, 0.05) is 64.4 Å². The quantitative estimate of drug-likeness (QED) is 0.309. The third-order valence-electron chi connectivity index (χ3n) is 10.9. The number of Topliss-reactive ketones (excluding diaryl/α,β-unsaturated/α-hetero) is 1. The molecular formula is C35H66N4O7. The molecule has 0 aromatic heterocycles. The fraction of sp³-hybridized carbons (Fsp3) is 0.943. The van der Waals surface area contributed by atoms with Crippen molar-refractivity contribution in [3.05, 3.63) is 0 Å². The topological polar surface area (TPSA) is 104 Å². The molecule has 46 heavy (non-hydrogen) atoms. The molecule has 3 rings (SSSR count). The zero-order valence-electron chi connectivity index (χ0n) is 31.0. The van der Waals surface area contributed by atoms with Crippen LogP contribution in [0.1, 0.15) is 75.2 Å². The molecule has 0 amide bonds. The van der Waals surface area contributed by atoms with Gasteiger partial charge in [-0.15, -0.1) is 0 Å². The van der Waals surface area contributed by atoms with Crippen LogP contribution in [-0.4, -0.2) is 158 Å². The van der Waals surface area contributed by atoms with Crippen LogP contribution in [0, 0.1) is 17.3 Å². The highest BCUT2D eigenvalue weighted by molar-refractivity contribution is 6.04. The molecule has 1 N–H and O–H groups in total. The van der Waals surface area contributed by atoms with Crippen LogP contribution in [0.4, 0.5) is 0 Å². The van der Waals surface area contributed by atoms with E-state index in [9.17, 15) is 14.7 Å². The summed E-state index contributed by atoms with van der Waals surface area (Å²) in [5, 5.41) is 11.4. The average Bonchev–Trinajstić information content (AvgIpc) is 3.00. The van der Waals surface area contributed by atoms with Crippen LogP contribution in [0.25, 0.3) is 0 Å². The maximum atomic E-state index is 14.3. The van der Waals surface area contributed by atoms with E-state index in [0.29, 0.717) is 18.9 Å². The van der Waals surface area contributed by atoms with E-state index in [1.165, 1.54) is 0 Å². The number of cyclic esters (lactones) is 1. The molecule has 0 aromatic rings. The van der Waals surface area contributed by atoms with Crippen LogP contribution >= 0.6 is 0 Å². The SMILES string of the molecule is CCN1C[C@H](C)C[C@@](C)(OC)[C@H](O[C@@H]2O[C@H](C)C[C@H](N(C)C)[C@H]2O)[C@@H](C)C(=O)C(C)(C)C(=O)OCC1CN1CCN(C(C)C)CC1. The van der Waals surface area contributed by atoms with Gasteiger partial charge in [0.25, 0.3) is 0 Å². The Bertz CT molecular complexity index is 988. The number of carbonyl (C=O) groups excluding carboxylic acids is 2. The van der Waals surface area contributed by atoms with Crippen molar-refractivity contribution in [3.63, 3.8) is 0 Å². The molecule has 3 heterocycles. The minimum atomic E-state index is -1.41. The molecule has 1 unspecified atom stereocenters. The van der Waals surface area contributed by atoms with Gasteiger partial charge in [-0.2, -0.15) is 0 Å². The summed E-state index contributed by atoms with van der Waals surface area (Å²) in [6.07, 6.45) is -1.56. The van der Waals surface area contributed by atoms with Crippen LogP contribution in [0.3, 0.4) is 0 Å². The summed E-state index contributed by atoms with van der Waals surface area (Å²) in [5.74, 6) is -1.40. The minimum Gasteiger partial charge on any atom is -0.463 e. The van der Waals surface area contributed by atoms with Crippen LogP contribution in [0.5, 0.6) is 0 Å². The second kappa shape index (κ2) is 16.5. The number of nitrogens with zero attached hydrogens (tertiary/aromatic N) is 4. The predicted octanol–water partition coefficient (Wildman–Crippen LogP) is 2.73. The number of hydrogen-bond donors (Lipinski definition) is 1. The number of esters is 1. The van der Waals surface area contributed by atoms with Crippen molar-refractivity contribution in [3.8, 4) is 0 Å². The molecule has 3 aliphatic rings. The van der Waals surface area contributed by atoms with Crippen molar-refractivity contribution in [2.45, 2.75) is 123 Å². The highest BCUT2D eigenvalue weighted by Crippen LogP contribution is 2.38. The van der Waals surface area contributed by atoms with Crippen LogP contribution < -0.4 is 0 Å². The molecule has 0 radical (unpaired) electrons. The van der Waals surface area contributed by atoms with Gasteiger partial charge in [-0.25, -0.2) is 0 Å². The van der Waals surface area contributed by atoms with E-state index in [-0.39, 0.29) is 36.5 Å². The van der Waals surface area contributed by atoms with Gasteiger partial charge in [-0.1, -0.05) is 20.8 Å². The number of ketones is 1. The third kappa shape index (κ3) is 9.28. The van der Waals surface area contributed by atoms with E-state index in [4.69, 9.17) is 18.9 Å². The summed E-state index contributed by atoms with van der Waals surface area (Å²) >= 11 is 0. The molecule has 0 saturated carbocycles. The number of ether oxygens (including phenoxy) is 4. The van der Waals surface area contributed by atoms with Gasteiger partial charge in [-0.05, 0) is 80.9 Å². The van der Waals surface area contributed by atoms with Crippen LogP contribution in [0.15, 0.2) is 0 Å². The van der Waals surface area contributed by atoms with Crippen LogP contribution in [0.2, 0.25) is 0 Å².